The standard InChI is InChI=1S/C20H13ClF2N4O2S/c21-20(22,23)29-15-3-1-14(2-4-15)26-19(28)13-9-16(17-5-7-25-27-17)18(24-10-13)12-6-8-30-11-12/h1-11H,(H,25,27)(H,26,28). The summed E-state index contributed by atoms with van der Waals surface area (Å²) in [6.07, 6.45) is 3.10. The van der Waals surface area contributed by atoms with Gasteiger partial charge in [0, 0.05) is 46.2 Å². The van der Waals surface area contributed by atoms with E-state index in [1.807, 2.05) is 16.8 Å². The van der Waals surface area contributed by atoms with E-state index in [2.05, 4.69) is 25.2 Å². The summed E-state index contributed by atoms with van der Waals surface area (Å²) in [6, 6.07) is 10.9. The number of ether oxygens (including phenoxy) is 1. The molecule has 0 spiro atoms. The Bertz CT molecular complexity index is 1140. The third kappa shape index (κ3) is 4.64. The van der Waals surface area contributed by atoms with Gasteiger partial charge >= 0.3 is 5.57 Å². The molecule has 0 unspecified atom stereocenters. The summed E-state index contributed by atoms with van der Waals surface area (Å²) in [5.41, 5.74) is 0.0303. The number of thiophene rings is 1. The second kappa shape index (κ2) is 8.21. The van der Waals surface area contributed by atoms with Gasteiger partial charge in [-0.1, -0.05) is 0 Å². The largest absolute Gasteiger partial charge is 0.487 e. The van der Waals surface area contributed by atoms with Crippen molar-refractivity contribution in [2.75, 3.05) is 5.32 Å². The maximum Gasteiger partial charge on any atom is 0.487 e. The Hall–Kier alpha value is -3.30. The van der Waals surface area contributed by atoms with Crippen LogP contribution in [-0.2, 0) is 0 Å². The topological polar surface area (TPSA) is 79.9 Å². The molecule has 0 atom stereocenters. The zero-order valence-corrected chi connectivity index (χ0v) is 16.7. The number of nitrogens with one attached hydrogen (secondary N) is 2. The maximum atomic E-state index is 12.7. The van der Waals surface area contributed by atoms with Gasteiger partial charge in [0.1, 0.15) is 5.75 Å². The number of hydrogen-bond acceptors (Lipinski definition) is 5. The molecular formula is C20H13ClF2N4O2S. The summed E-state index contributed by atoms with van der Waals surface area (Å²) < 4.78 is 29.6. The van der Waals surface area contributed by atoms with E-state index in [9.17, 15) is 13.6 Å². The van der Waals surface area contributed by atoms with Crippen molar-refractivity contribution in [1.82, 2.24) is 15.2 Å². The molecule has 1 aromatic carbocycles. The van der Waals surface area contributed by atoms with Crippen LogP contribution in [0, 0.1) is 0 Å². The summed E-state index contributed by atoms with van der Waals surface area (Å²) in [5.74, 6) is -0.534. The molecule has 0 aliphatic rings. The van der Waals surface area contributed by atoms with Crippen molar-refractivity contribution < 1.29 is 18.3 Å². The highest BCUT2D eigenvalue weighted by Crippen LogP contribution is 2.31. The maximum absolute atomic E-state index is 12.7. The Labute approximate surface area is 178 Å². The molecule has 0 radical (unpaired) electrons. The average Bonchev–Trinajstić information content (AvgIpc) is 3.42. The van der Waals surface area contributed by atoms with Crippen LogP contribution in [0.15, 0.2) is 65.6 Å². The summed E-state index contributed by atoms with van der Waals surface area (Å²) in [4.78, 5) is 17.2. The van der Waals surface area contributed by atoms with Gasteiger partial charge in [0.05, 0.1) is 17.0 Å². The van der Waals surface area contributed by atoms with E-state index in [1.165, 1.54) is 30.5 Å². The van der Waals surface area contributed by atoms with E-state index in [0.717, 1.165) is 22.5 Å². The number of alkyl halides is 3. The number of aromatic amines is 1. The Morgan fingerprint density at radius 2 is 2.00 bits per heavy atom. The Balaban J connectivity index is 1.58. The predicted octanol–water partition coefficient (Wildman–Crippen LogP) is 5.62. The number of anilines is 1. The number of H-pyrrole nitrogens is 1. The van der Waals surface area contributed by atoms with Gasteiger partial charge in [0.15, 0.2) is 0 Å². The first-order valence-electron chi connectivity index (χ1n) is 8.58. The van der Waals surface area contributed by atoms with Crippen molar-refractivity contribution in [2.45, 2.75) is 5.57 Å². The molecule has 10 heteroatoms. The summed E-state index contributed by atoms with van der Waals surface area (Å²) in [6.45, 7) is 0. The Morgan fingerprint density at radius 1 is 1.20 bits per heavy atom. The van der Waals surface area contributed by atoms with E-state index < -0.39 is 11.5 Å². The molecule has 0 saturated heterocycles. The quantitative estimate of drug-likeness (QED) is 0.377. The summed E-state index contributed by atoms with van der Waals surface area (Å²) >= 11 is 6.29. The van der Waals surface area contributed by atoms with Crippen LogP contribution in [0.2, 0.25) is 0 Å². The van der Waals surface area contributed by atoms with Gasteiger partial charge in [0.25, 0.3) is 5.91 Å². The Morgan fingerprint density at radius 3 is 2.63 bits per heavy atom. The van der Waals surface area contributed by atoms with Crippen LogP contribution in [0.3, 0.4) is 0 Å². The van der Waals surface area contributed by atoms with Gasteiger partial charge < -0.3 is 10.1 Å². The van der Waals surface area contributed by atoms with Gasteiger partial charge in [-0.25, -0.2) is 0 Å². The number of rotatable bonds is 6. The zero-order valence-electron chi connectivity index (χ0n) is 15.1. The number of nitrogens with zero attached hydrogens (tertiary/aromatic N) is 2. The lowest BCUT2D eigenvalue weighted by atomic mass is 10.0. The summed E-state index contributed by atoms with van der Waals surface area (Å²) in [7, 11) is 0. The van der Waals surface area contributed by atoms with Crippen LogP contribution < -0.4 is 10.1 Å². The van der Waals surface area contributed by atoms with Crippen molar-refractivity contribution in [3.05, 3.63) is 71.2 Å². The van der Waals surface area contributed by atoms with Crippen LogP contribution >= 0.6 is 22.9 Å². The third-order valence-corrected chi connectivity index (χ3v) is 4.84. The molecular weight excluding hydrogens is 434 g/mol. The minimum atomic E-state index is -3.80. The van der Waals surface area contributed by atoms with Crippen molar-refractivity contribution in [3.8, 4) is 28.3 Å². The van der Waals surface area contributed by atoms with Crippen LogP contribution in [0.1, 0.15) is 10.4 Å². The van der Waals surface area contributed by atoms with Crippen molar-refractivity contribution in [1.29, 1.82) is 0 Å². The average molecular weight is 447 g/mol. The zero-order chi connectivity index (χ0) is 21.1. The fourth-order valence-electron chi connectivity index (χ4n) is 2.77. The van der Waals surface area contributed by atoms with Crippen LogP contribution in [0.5, 0.6) is 5.75 Å². The molecule has 1 amide bonds. The molecule has 2 N–H and O–H groups in total. The lowest BCUT2D eigenvalue weighted by Crippen LogP contribution is -2.16. The minimum absolute atomic E-state index is 0.128. The second-order valence-corrected chi connectivity index (χ2v) is 7.35. The molecule has 4 aromatic rings. The summed E-state index contributed by atoms with van der Waals surface area (Å²) in [5, 5.41) is 13.5. The molecule has 0 bridgehead atoms. The number of pyridine rings is 1. The number of hydrogen-bond donors (Lipinski definition) is 2. The van der Waals surface area contributed by atoms with Crippen molar-refractivity contribution in [3.63, 3.8) is 0 Å². The van der Waals surface area contributed by atoms with E-state index in [1.54, 1.807) is 29.7 Å². The second-order valence-electron chi connectivity index (χ2n) is 6.13. The minimum Gasteiger partial charge on any atom is -0.420 e. The molecule has 30 heavy (non-hydrogen) atoms. The number of carbonyl (C=O) groups is 1. The first kappa shape index (κ1) is 20.0. The Kier molecular flexibility index (Phi) is 5.47. The molecule has 152 valence electrons. The number of benzene rings is 1. The van der Waals surface area contributed by atoms with E-state index >= 15 is 0 Å². The van der Waals surface area contributed by atoms with E-state index in [4.69, 9.17) is 11.6 Å². The molecule has 0 saturated carbocycles. The smallest absolute Gasteiger partial charge is 0.420 e. The highest BCUT2D eigenvalue weighted by atomic mass is 35.5. The molecule has 3 aromatic heterocycles. The van der Waals surface area contributed by atoms with E-state index in [0.29, 0.717) is 11.3 Å². The molecule has 6 nitrogen and oxygen atoms in total. The van der Waals surface area contributed by atoms with Crippen LogP contribution in [0.4, 0.5) is 14.5 Å². The molecule has 4 rings (SSSR count). The van der Waals surface area contributed by atoms with Gasteiger partial charge in [-0.05, 0) is 47.8 Å². The van der Waals surface area contributed by atoms with Gasteiger partial charge in [-0.3, -0.25) is 14.9 Å². The normalized spacial score (nSPS) is 11.3. The van der Waals surface area contributed by atoms with Gasteiger partial charge in [0.2, 0.25) is 0 Å². The highest BCUT2D eigenvalue weighted by Gasteiger charge is 2.27. The lowest BCUT2D eigenvalue weighted by molar-refractivity contribution is -0.0964. The van der Waals surface area contributed by atoms with Crippen LogP contribution in [-0.4, -0.2) is 26.7 Å². The third-order valence-electron chi connectivity index (χ3n) is 4.08. The number of aromatic nitrogens is 3. The van der Waals surface area contributed by atoms with Crippen LogP contribution in [0.25, 0.3) is 22.5 Å². The van der Waals surface area contributed by atoms with Crippen molar-refractivity contribution >= 4 is 34.5 Å². The van der Waals surface area contributed by atoms with Gasteiger partial charge in [-0.2, -0.15) is 16.4 Å². The van der Waals surface area contributed by atoms with Crippen molar-refractivity contribution in [2.24, 2.45) is 0 Å². The molecule has 0 aliphatic heterocycles. The fourth-order valence-corrected chi connectivity index (χ4v) is 3.50. The lowest BCUT2D eigenvalue weighted by Gasteiger charge is -2.12. The highest BCUT2D eigenvalue weighted by molar-refractivity contribution is 7.08. The molecule has 0 fully saturated rings. The number of halogens is 3. The first-order chi connectivity index (χ1) is 14.4. The predicted molar refractivity (Wildman–Crippen MR) is 111 cm³/mol. The SMILES string of the molecule is O=C(Nc1ccc(OC(F)(F)Cl)cc1)c1cnc(-c2ccsc2)c(-c2ccn[nH]2)c1. The number of amides is 1. The number of carbonyl (C=O) groups excluding carboxylic acids is 1. The molecule has 0 aliphatic carbocycles. The monoisotopic (exact) mass is 446 g/mol. The fraction of sp³-hybridized carbons (Fsp3) is 0.0500. The van der Waals surface area contributed by atoms with E-state index in [-0.39, 0.29) is 5.75 Å². The first-order valence-corrected chi connectivity index (χ1v) is 9.91. The van der Waals surface area contributed by atoms with Gasteiger partial charge in [-0.15, -0.1) is 8.78 Å². The molecule has 3 heterocycles.